The minimum atomic E-state index is -0.202. The first-order valence-electron chi connectivity index (χ1n) is 4.98. The molecule has 0 unspecified atom stereocenters. The number of nitriles is 1. The van der Waals surface area contributed by atoms with Gasteiger partial charge in [0.25, 0.3) is 0 Å². The summed E-state index contributed by atoms with van der Waals surface area (Å²) in [6, 6.07) is 2.48. The summed E-state index contributed by atoms with van der Waals surface area (Å²) >= 11 is 0. The van der Waals surface area contributed by atoms with E-state index >= 15 is 0 Å². The Balaban J connectivity index is 2.67. The van der Waals surface area contributed by atoms with Gasteiger partial charge in [0.05, 0.1) is 6.07 Å². The molecule has 1 aliphatic carbocycles. The smallest absolute Gasteiger partial charge is 0.109 e. The summed E-state index contributed by atoms with van der Waals surface area (Å²) in [6.45, 7) is 4.52. The summed E-state index contributed by atoms with van der Waals surface area (Å²) in [4.78, 5) is 2.14. The summed E-state index contributed by atoms with van der Waals surface area (Å²) in [5.41, 5.74) is -0.202. The highest BCUT2D eigenvalue weighted by molar-refractivity contribution is 5.09. The zero-order valence-corrected chi connectivity index (χ0v) is 8.42. The fourth-order valence-corrected chi connectivity index (χ4v) is 2.08. The van der Waals surface area contributed by atoms with E-state index < -0.39 is 0 Å². The summed E-state index contributed by atoms with van der Waals surface area (Å²) in [5.74, 6) is 0. The van der Waals surface area contributed by atoms with Gasteiger partial charge in [-0.15, -0.1) is 6.58 Å². The second-order valence-corrected chi connectivity index (χ2v) is 3.87. The molecule has 13 heavy (non-hydrogen) atoms. The molecule has 0 heterocycles. The van der Waals surface area contributed by atoms with Crippen molar-refractivity contribution >= 4 is 0 Å². The van der Waals surface area contributed by atoms with Gasteiger partial charge in [-0.3, -0.25) is 4.90 Å². The molecule has 72 valence electrons. The van der Waals surface area contributed by atoms with Gasteiger partial charge in [-0.1, -0.05) is 25.3 Å². The summed E-state index contributed by atoms with van der Waals surface area (Å²) in [6.07, 6.45) is 7.57. The maximum Gasteiger partial charge on any atom is 0.109 e. The van der Waals surface area contributed by atoms with Crippen LogP contribution in [0.2, 0.25) is 0 Å². The molecule has 0 amide bonds. The second kappa shape index (κ2) is 4.43. The fourth-order valence-electron chi connectivity index (χ4n) is 2.08. The van der Waals surface area contributed by atoms with Crippen LogP contribution in [0.3, 0.4) is 0 Å². The second-order valence-electron chi connectivity index (χ2n) is 3.87. The van der Waals surface area contributed by atoms with Crippen molar-refractivity contribution in [1.82, 2.24) is 4.90 Å². The topological polar surface area (TPSA) is 27.0 Å². The van der Waals surface area contributed by atoms with E-state index in [0.29, 0.717) is 0 Å². The van der Waals surface area contributed by atoms with Crippen LogP contribution in [0.4, 0.5) is 0 Å². The van der Waals surface area contributed by atoms with Gasteiger partial charge in [0.15, 0.2) is 0 Å². The van der Waals surface area contributed by atoms with Crippen molar-refractivity contribution in [2.75, 3.05) is 13.6 Å². The van der Waals surface area contributed by atoms with Gasteiger partial charge < -0.3 is 0 Å². The van der Waals surface area contributed by atoms with Gasteiger partial charge >= 0.3 is 0 Å². The molecule has 0 N–H and O–H groups in total. The molecule has 0 aromatic heterocycles. The molecular formula is C11H18N2. The average Bonchev–Trinajstić information content (AvgIpc) is 2.19. The summed E-state index contributed by atoms with van der Waals surface area (Å²) < 4.78 is 0. The normalized spacial score (nSPS) is 21.0. The number of likely N-dealkylation sites (N-methyl/N-ethyl adjacent to an activating group) is 1. The molecule has 2 nitrogen and oxygen atoms in total. The molecule has 1 fully saturated rings. The summed E-state index contributed by atoms with van der Waals surface area (Å²) in [7, 11) is 2.02. The molecule has 1 saturated carbocycles. The highest BCUT2D eigenvalue weighted by Crippen LogP contribution is 2.32. The molecule has 0 spiro atoms. The lowest BCUT2D eigenvalue weighted by Crippen LogP contribution is -2.46. The molecular weight excluding hydrogens is 160 g/mol. The van der Waals surface area contributed by atoms with E-state index in [1.54, 1.807) is 0 Å². The SMILES string of the molecule is C=CCN(C)C1(C#N)CCCCC1. The van der Waals surface area contributed by atoms with Crippen LogP contribution in [0.25, 0.3) is 0 Å². The van der Waals surface area contributed by atoms with Gasteiger partial charge in [0, 0.05) is 6.54 Å². The van der Waals surface area contributed by atoms with E-state index in [9.17, 15) is 5.26 Å². The zero-order valence-electron chi connectivity index (χ0n) is 8.42. The molecule has 0 radical (unpaired) electrons. The van der Waals surface area contributed by atoms with E-state index in [1.165, 1.54) is 19.3 Å². The Hall–Kier alpha value is -0.810. The third-order valence-electron chi connectivity index (χ3n) is 3.02. The van der Waals surface area contributed by atoms with Crippen molar-refractivity contribution in [2.45, 2.75) is 37.6 Å². The lowest BCUT2D eigenvalue weighted by molar-refractivity contribution is 0.141. The minimum absolute atomic E-state index is 0.202. The third kappa shape index (κ3) is 2.10. The van der Waals surface area contributed by atoms with E-state index in [0.717, 1.165) is 19.4 Å². The molecule has 0 atom stereocenters. The van der Waals surface area contributed by atoms with E-state index in [-0.39, 0.29) is 5.54 Å². The van der Waals surface area contributed by atoms with Crippen LogP contribution >= 0.6 is 0 Å². The standard InChI is InChI=1S/C11H18N2/c1-3-9-13(2)11(10-12)7-5-4-6-8-11/h3H,1,4-9H2,2H3. The molecule has 0 saturated heterocycles. The number of hydrogen-bond donors (Lipinski definition) is 0. The molecule has 0 bridgehead atoms. The maximum atomic E-state index is 9.21. The van der Waals surface area contributed by atoms with Gasteiger partial charge in [-0.2, -0.15) is 5.26 Å². The largest absolute Gasteiger partial charge is 0.285 e. The monoisotopic (exact) mass is 178 g/mol. The first-order valence-corrected chi connectivity index (χ1v) is 4.98. The molecule has 1 aliphatic rings. The van der Waals surface area contributed by atoms with Crippen LogP contribution < -0.4 is 0 Å². The van der Waals surface area contributed by atoms with E-state index in [2.05, 4.69) is 17.5 Å². The molecule has 2 heteroatoms. The first kappa shape index (κ1) is 10.3. The zero-order chi connectivity index (χ0) is 9.73. The molecule has 0 aromatic carbocycles. The number of rotatable bonds is 3. The van der Waals surface area contributed by atoms with Crippen molar-refractivity contribution in [1.29, 1.82) is 5.26 Å². The highest BCUT2D eigenvalue weighted by Gasteiger charge is 2.35. The van der Waals surface area contributed by atoms with Gasteiger partial charge in [-0.05, 0) is 19.9 Å². The first-order chi connectivity index (χ1) is 6.25. The number of hydrogen-bond acceptors (Lipinski definition) is 2. The predicted octanol–water partition coefficient (Wildman–Crippen LogP) is 2.33. The predicted molar refractivity (Wildman–Crippen MR) is 54.3 cm³/mol. The maximum absolute atomic E-state index is 9.21. The number of nitrogens with zero attached hydrogens (tertiary/aromatic N) is 2. The van der Waals surface area contributed by atoms with Crippen LogP contribution in [-0.2, 0) is 0 Å². The van der Waals surface area contributed by atoms with Crippen LogP contribution in [0.15, 0.2) is 12.7 Å². The van der Waals surface area contributed by atoms with Gasteiger partial charge in [0.1, 0.15) is 5.54 Å². The van der Waals surface area contributed by atoms with E-state index in [4.69, 9.17) is 0 Å². The average molecular weight is 178 g/mol. The van der Waals surface area contributed by atoms with Crippen molar-refractivity contribution < 1.29 is 0 Å². The van der Waals surface area contributed by atoms with Crippen molar-refractivity contribution in [3.63, 3.8) is 0 Å². The Morgan fingerprint density at radius 2 is 2.08 bits per heavy atom. The highest BCUT2D eigenvalue weighted by atomic mass is 15.2. The Kier molecular flexibility index (Phi) is 3.50. The van der Waals surface area contributed by atoms with Crippen LogP contribution in [-0.4, -0.2) is 24.0 Å². The van der Waals surface area contributed by atoms with Gasteiger partial charge in [-0.25, -0.2) is 0 Å². The molecule has 1 rings (SSSR count). The molecule has 0 aliphatic heterocycles. The van der Waals surface area contributed by atoms with Crippen LogP contribution in [0, 0.1) is 11.3 Å². The third-order valence-corrected chi connectivity index (χ3v) is 3.02. The van der Waals surface area contributed by atoms with Crippen molar-refractivity contribution in [2.24, 2.45) is 0 Å². The Bertz CT molecular complexity index is 209. The van der Waals surface area contributed by atoms with Crippen molar-refractivity contribution in [3.8, 4) is 6.07 Å². The lowest BCUT2D eigenvalue weighted by Gasteiger charge is -2.38. The quantitative estimate of drug-likeness (QED) is 0.620. The van der Waals surface area contributed by atoms with Gasteiger partial charge in [0.2, 0.25) is 0 Å². The van der Waals surface area contributed by atoms with Crippen molar-refractivity contribution in [3.05, 3.63) is 12.7 Å². The Morgan fingerprint density at radius 1 is 1.46 bits per heavy atom. The summed E-state index contributed by atoms with van der Waals surface area (Å²) in [5, 5.41) is 9.21. The van der Waals surface area contributed by atoms with Crippen LogP contribution in [0.1, 0.15) is 32.1 Å². The van der Waals surface area contributed by atoms with Crippen LogP contribution in [0.5, 0.6) is 0 Å². The fraction of sp³-hybridized carbons (Fsp3) is 0.727. The Labute approximate surface area is 80.8 Å². The lowest BCUT2D eigenvalue weighted by atomic mass is 9.81. The Morgan fingerprint density at radius 3 is 2.54 bits per heavy atom. The molecule has 0 aromatic rings. The van der Waals surface area contributed by atoms with E-state index in [1.807, 2.05) is 13.1 Å². The minimum Gasteiger partial charge on any atom is -0.285 e.